The third-order valence-corrected chi connectivity index (χ3v) is 7.07. The van der Waals surface area contributed by atoms with Gasteiger partial charge in [0.1, 0.15) is 0 Å². The highest BCUT2D eigenvalue weighted by molar-refractivity contribution is 14.0. The molecular weight excluding hydrogens is 509 g/mol. The first-order valence-electron chi connectivity index (χ1n) is 11.1. The van der Waals surface area contributed by atoms with Crippen LogP contribution in [-0.2, 0) is 11.3 Å². The van der Waals surface area contributed by atoms with Gasteiger partial charge in [-0.25, -0.2) is 4.99 Å². The van der Waals surface area contributed by atoms with Gasteiger partial charge in [-0.15, -0.1) is 24.0 Å². The van der Waals surface area contributed by atoms with Crippen LogP contribution in [0.1, 0.15) is 44.6 Å². The molecule has 2 aliphatic carbocycles. The largest absolute Gasteiger partial charge is 0.493 e. The number of halogens is 1. The van der Waals surface area contributed by atoms with Crippen molar-refractivity contribution in [2.75, 3.05) is 34.5 Å². The molecule has 3 unspecified atom stereocenters. The van der Waals surface area contributed by atoms with Gasteiger partial charge in [0.25, 0.3) is 0 Å². The fourth-order valence-electron chi connectivity index (χ4n) is 5.77. The Kier molecular flexibility index (Phi) is 8.18. The predicted octanol–water partition coefficient (Wildman–Crippen LogP) is 3.73. The van der Waals surface area contributed by atoms with Crippen LogP contribution in [0.3, 0.4) is 0 Å². The molecule has 3 aliphatic rings. The number of nitrogens with one attached hydrogen (secondary N) is 2. The molecule has 0 bridgehead atoms. The number of hydrogen-bond donors (Lipinski definition) is 2. The highest BCUT2D eigenvalue weighted by atomic mass is 127. The van der Waals surface area contributed by atoms with Crippen LogP contribution in [0.2, 0.25) is 0 Å². The van der Waals surface area contributed by atoms with Crippen LogP contribution in [0, 0.1) is 11.3 Å². The predicted molar refractivity (Wildman–Crippen MR) is 132 cm³/mol. The molecule has 0 amide bonds. The van der Waals surface area contributed by atoms with Crippen molar-refractivity contribution in [2.24, 2.45) is 16.3 Å². The van der Waals surface area contributed by atoms with Crippen molar-refractivity contribution in [3.63, 3.8) is 0 Å². The van der Waals surface area contributed by atoms with E-state index >= 15 is 0 Å². The van der Waals surface area contributed by atoms with E-state index in [0.29, 0.717) is 47.3 Å². The van der Waals surface area contributed by atoms with Crippen molar-refractivity contribution >= 4 is 29.9 Å². The van der Waals surface area contributed by atoms with Crippen molar-refractivity contribution in [3.05, 3.63) is 17.7 Å². The SMILES string of the molecule is CCNC(=NCc1cc(OC)c(OC)c(OC)c1)NC1C2CCOC2C12CCCC2.I. The topological polar surface area (TPSA) is 73.3 Å². The molecule has 4 rings (SSSR count). The smallest absolute Gasteiger partial charge is 0.203 e. The molecule has 1 spiro atoms. The van der Waals surface area contributed by atoms with Crippen molar-refractivity contribution in [1.29, 1.82) is 0 Å². The molecule has 7 nitrogen and oxygen atoms in total. The van der Waals surface area contributed by atoms with E-state index in [-0.39, 0.29) is 24.0 Å². The van der Waals surface area contributed by atoms with Gasteiger partial charge in [0.15, 0.2) is 17.5 Å². The third-order valence-electron chi connectivity index (χ3n) is 7.07. The van der Waals surface area contributed by atoms with Gasteiger partial charge in [-0.3, -0.25) is 0 Å². The average molecular weight is 545 g/mol. The summed E-state index contributed by atoms with van der Waals surface area (Å²) in [6, 6.07) is 4.36. The molecule has 2 saturated carbocycles. The Hall–Kier alpha value is -1.42. The van der Waals surface area contributed by atoms with Crippen LogP contribution < -0.4 is 24.8 Å². The van der Waals surface area contributed by atoms with E-state index in [2.05, 4.69) is 17.6 Å². The minimum Gasteiger partial charge on any atom is -0.493 e. The van der Waals surface area contributed by atoms with Gasteiger partial charge in [0, 0.05) is 30.5 Å². The second-order valence-corrected chi connectivity index (χ2v) is 8.53. The number of nitrogens with zero attached hydrogens (tertiary/aromatic N) is 1. The number of guanidine groups is 1. The van der Waals surface area contributed by atoms with Gasteiger partial charge in [0.05, 0.1) is 34.0 Å². The number of ether oxygens (including phenoxy) is 4. The molecule has 3 atom stereocenters. The van der Waals surface area contributed by atoms with E-state index in [1.54, 1.807) is 21.3 Å². The second-order valence-electron chi connectivity index (χ2n) is 8.53. The van der Waals surface area contributed by atoms with Crippen LogP contribution in [0.4, 0.5) is 0 Å². The summed E-state index contributed by atoms with van der Waals surface area (Å²) in [5.41, 5.74) is 1.30. The third kappa shape index (κ3) is 4.42. The molecule has 31 heavy (non-hydrogen) atoms. The summed E-state index contributed by atoms with van der Waals surface area (Å²) >= 11 is 0. The van der Waals surface area contributed by atoms with Crippen LogP contribution in [0.25, 0.3) is 0 Å². The lowest BCUT2D eigenvalue weighted by atomic mass is 9.54. The zero-order chi connectivity index (χ0) is 21.1. The Labute approximate surface area is 202 Å². The van der Waals surface area contributed by atoms with Crippen molar-refractivity contribution < 1.29 is 18.9 Å². The maximum Gasteiger partial charge on any atom is 0.203 e. The lowest BCUT2D eigenvalue weighted by Crippen LogP contribution is -2.69. The molecule has 174 valence electrons. The van der Waals surface area contributed by atoms with E-state index in [9.17, 15) is 0 Å². The van der Waals surface area contributed by atoms with Gasteiger partial charge in [-0.1, -0.05) is 12.8 Å². The summed E-state index contributed by atoms with van der Waals surface area (Å²) in [7, 11) is 4.88. The molecule has 0 aromatic heterocycles. The first-order valence-corrected chi connectivity index (χ1v) is 11.1. The maximum atomic E-state index is 6.12. The van der Waals surface area contributed by atoms with E-state index in [4.69, 9.17) is 23.9 Å². The van der Waals surface area contributed by atoms with Crippen molar-refractivity contribution in [2.45, 2.75) is 57.7 Å². The molecule has 8 heteroatoms. The molecule has 1 aromatic rings. The zero-order valence-electron chi connectivity index (χ0n) is 19.0. The molecule has 1 heterocycles. The van der Waals surface area contributed by atoms with Crippen LogP contribution >= 0.6 is 24.0 Å². The first-order chi connectivity index (χ1) is 14.7. The van der Waals surface area contributed by atoms with E-state index in [1.165, 1.54) is 25.7 Å². The van der Waals surface area contributed by atoms with Gasteiger partial charge >= 0.3 is 0 Å². The van der Waals surface area contributed by atoms with E-state index in [1.807, 2.05) is 12.1 Å². The number of benzene rings is 1. The monoisotopic (exact) mass is 545 g/mol. The maximum absolute atomic E-state index is 6.12. The Morgan fingerprint density at radius 2 is 1.81 bits per heavy atom. The van der Waals surface area contributed by atoms with Crippen LogP contribution in [0.15, 0.2) is 17.1 Å². The number of methoxy groups -OCH3 is 3. The fraction of sp³-hybridized carbons (Fsp3) is 0.696. The van der Waals surface area contributed by atoms with Crippen molar-refractivity contribution in [1.82, 2.24) is 10.6 Å². The van der Waals surface area contributed by atoms with Crippen molar-refractivity contribution in [3.8, 4) is 17.2 Å². The number of aliphatic imine (C=N–C) groups is 1. The Morgan fingerprint density at radius 3 is 2.39 bits per heavy atom. The Balaban J connectivity index is 0.00000272. The molecule has 2 N–H and O–H groups in total. The second kappa shape index (κ2) is 10.5. The zero-order valence-corrected chi connectivity index (χ0v) is 21.4. The fourth-order valence-corrected chi connectivity index (χ4v) is 5.77. The summed E-state index contributed by atoms with van der Waals surface area (Å²) in [6.07, 6.45) is 6.73. The lowest BCUT2D eigenvalue weighted by Gasteiger charge is -2.57. The molecular formula is C23H36IN3O4. The molecule has 0 radical (unpaired) electrons. The molecule has 1 aromatic carbocycles. The lowest BCUT2D eigenvalue weighted by molar-refractivity contribution is -0.125. The van der Waals surface area contributed by atoms with Crippen LogP contribution in [-0.4, -0.2) is 52.6 Å². The molecule has 3 fully saturated rings. The Morgan fingerprint density at radius 1 is 1.13 bits per heavy atom. The molecule has 1 saturated heterocycles. The standard InChI is InChI=1S/C23H35N3O4.HI/c1-5-24-22(25-14-15-12-17(27-2)19(29-4)18(13-15)28-3)26-20-16-8-11-30-21(16)23(20)9-6-7-10-23;/h12-13,16,20-21H,5-11,14H2,1-4H3,(H2,24,25,26);1H. The quantitative estimate of drug-likeness (QED) is 0.309. The van der Waals surface area contributed by atoms with E-state index < -0.39 is 0 Å². The summed E-state index contributed by atoms with van der Waals surface area (Å²) in [6.45, 7) is 4.35. The first kappa shape index (κ1) is 24.2. The Bertz CT molecular complexity index is 757. The summed E-state index contributed by atoms with van der Waals surface area (Å²) in [5.74, 6) is 3.37. The number of fused-ring (bicyclic) bond motifs is 2. The summed E-state index contributed by atoms with van der Waals surface area (Å²) in [4.78, 5) is 4.88. The highest BCUT2D eigenvalue weighted by Crippen LogP contribution is 2.60. The average Bonchev–Trinajstić information content (AvgIpc) is 3.43. The minimum atomic E-state index is 0. The summed E-state index contributed by atoms with van der Waals surface area (Å²) < 4.78 is 22.5. The number of hydrogen-bond acceptors (Lipinski definition) is 5. The normalized spacial score (nSPS) is 25.9. The van der Waals surface area contributed by atoms with E-state index in [0.717, 1.165) is 31.1 Å². The van der Waals surface area contributed by atoms with Gasteiger partial charge in [0.2, 0.25) is 5.75 Å². The highest BCUT2D eigenvalue weighted by Gasteiger charge is 2.65. The van der Waals surface area contributed by atoms with Gasteiger partial charge in [-0.2, -0.15) is 0 Å². The minimum absolute atomic E-state index is 0. The van der Waals surface area contributed by atoms with Gasteiger partial charge < -0.3 is 29.6 Å². The van der Waals surface area contributed by atoms with Gasteiger partial charge in [-0.05, 0) is 43.9 Å². The number of rotatable bonds is 7. The van der Waals surface area contributed by atoms with Crippen LogP contribution in [0.5, 0.6) is 17.2 Å². The molecule has 1 aliphatic heterocycles. The summed E-state index contributed by atoms with van der Waals surface area (Å²) in [5, 5.41) is 7.21.